The van der Waals surface area contributed by atoms with Crippen LogP contribution >= 0.6 is 11.3 Å². The largest absolute Gasteiger partial charge is 0.368 e. The number of fused-ring (bicyclic) bond motifs is 1. The standard InChI is InChI=1S/C25H23FN8OS/c26-18-6-1-16(2-7-18)5-10-20-30-21-22(31-24(28)32-23(21)36-20)33-11-13-34(14-12-33)25(35)29-19-8-3-17(15-27)4-9-19/h1-4,6-9H,5,10-14H2,(H,29,35)(H2,28,31,32). The molecule has 1 aliphatic heterocycles. The van der Waals surface area contributed by atoms with E-state index in [0.29, 0.717) is 55.2 Å². The average Bonchev–Trinajstić information content (AvgIpc) is 3.31. The fourth-order valence-corrected chi connectivity index (χ4v) is 4.99. The van der Waals surface area contributed by atoms with Crippen molar-refractivity contribution in [2.45, 2.75) is 12.8 Å². The Labute approximate surface area is 211 Å². The number of amides is 2. The molecule has 5 rings (SSSR count). The lowest BCUT2D eigenvalue weighted by atomic mass is 10.1. The summed E-state index contributed by atoms with van der Waals surface area (Å²) in [5.41, 5.74) is 8.93. The summed E-state index contributed by atoms with van der Waals surface area (Å²) in [6, 6.07) is 15.1. The first-order valence-electron chi connectivity index (χ1n) is 11.5. The van der Waals surface area contributed by atoms with Crippen LogP contribution in [0, 0.1) is 17.1 Å². The van der Waals surface area contributed by atoms with Crippen LogP contribution in [-0.2, 0) is 12.8 Å². The van der Waals surface area contributed by atoms with Gasteiger partial charge in [-0.1, -0.05) is 23.5 Å². The Balaban J connectivity index is 1.25. The fourth-order valence-electron chi connectivity index (χ4n) is 4.05. The van der Waals surface area contributed by atoms with Crippen LogP contribution in [0.25, 0.3) is 10.3 Å². The molecule has 0 bridgehead atoms. The molecule has 4 aromatic rings. The van der Waals surface area contributed by atoms with Crippen LogP contribution in [0.2, 0.25) is 0 Å². The topological polar surface area (TPSA) is 124 Å². The number of aryl methyl sites for hydroxylation is 2. The van der Waals surface area contributed by atoms with Gasteiger partial charge in [0.2, 0.25) is 5.95 Å². The summed E-state index contributed by atoms with van der Waals surface area (Å²) in [5.74, 6) is 0.613. The highest BCUT2D eigenvalue weighted by Crippen LogP contribution is 2.30. The molecule has 182 valence electrons. The van der Waals surface area contributed by atoms with E-state index in [4.69, 9.17) is 16.0 Å². The first-order chi connectivity index (χ1) is 17.5. The molecule has 0 aliphatic carbocycles. The summed E-state index contributed by atoms with van der Waals surface area (Å²) in [4.78, 5) is 30.9. The van der Waals surface area contributed by atoms with Crippen molar-refractivity contribution in [1.82, 2.24) is 19.9 Å². The van der Waals surface area contributed by atoms with Gasteiger partial charge >= 0.3 is 6.03 Å². The number of carbonyl (C=O) groups excluding carboxylic acids is 1. The lowest BCUT2D eigenvalue weighted by molar-refractivity contribution is 0.208. The van der Waals surface area contributed by atoms with E-state index in [2.05, 4.69) is 26.3 Å². The minimum atomic E-state index is -0.249. The number of rotatable bonds is 5. The van der Waals surface area contributed by atoms with Crippen LogP contribution in [0.5, 0.6) is 0 Å². The Kier molecular flexibility index (Phi) is 6.60. The molecule has 1 fully saturated rings. The van der Waals surface area contributed by atoms with E-state index in [1.165, 1.54) is 23.5 Å². The molecule has 3 heterocycles. The molecule has 9 nitrogen and oxygen atoms in total. The third-order valence-electron chi connectivity index (χ3n) is 5.97. The third kappa shape index (κ3) is 5.18. The van der Waals surface area contributed by atoms with Crippen molar-refractivity contribution in [3.63, 3.8) is 0 Å². The van der Waals surface area contributed by atoms with E-state index in [-0.39, 0.29) is 17.8 Å². The summed E-state index contributed by atoms with van der Waals surface area (Å²) in [5, 5.41) is 12.7. The highest BCUT2D eigenvalue weighted by molar-refractivity contribution is 7.18. The number of hydrogen-bond donors (Lipinski definition) is 2. The maximum atomic E-state index is 13.2. The first kappa shape index (κ1) is 23.4. The Morgan fingerprint density at radius 2 is 1.75 bits per heavy atom. The Morgan fingerprint density at radius 1 is 1.03 bits per heavy atom. The Hall–Kier alpha value is -4.30. The van der Waals surface area contributed by atoms with Gasteiger partial charge in [0, 0.05) is 38.3 Å². The number of thiazole rings is 1. The summed E-state index contributed by atoms with van der Waals surface area (Å²) in [6.45, 7) is 2.17. The summed E-state index contributed by atoms with van der Waals surface area (Å²) < 4.78 is 13.2. The number of carbonyl (C=O) groups is 1. The second-order valence-electron chi connectivity index (χ2n) is 8.39. The number of piperazine rings is 1. The summed E-state index contributed by atoms with van der Waals surface area (Å²) in [7, 11) is 0. The molecule has 2 aromatic carbocycles. The van der Waals surface area contributed by atoms with E-state index in [9.17, 15) is 9.18 Å². The summed E-state index contributed by atoms with van der Waals surface area (Å²) in [6.07, 6.45) is 1.45. The molecule has 36 heavy (non-hydrogen) atoms. The van der Waals surface area contributed by atoms with E-state index >= 15 is 0 Å². The number of aromatic nitrogens is 3. The molecule has 1 aliphatic rings. The van der Waals surface area contributed by atoms with Gasteiger partial charge in [-0.25, -0.2) is 19.2 Å². The van der Waals surface area contributed by atoms with Gasteiger partial charge in [0.05, 0.1) is 16.6 Å². The van der Waals surface area contributed by atoms with Crippen molar-refractivity contribution in [2.24, 2.45) is 0 Å². The van der Waals surface area contributed by atoms with Crippen molar-refractivity contribution in [2.75, 3.05) is 42.1 Å². The number of nitrogens with one attached hydrogen (secondary N) is 1. The number of nitrogens with zero attached hydrogens (tertiary/aromatic N) is 6. The van der Waals surface area contributed by atoms with Gasteiger partial charge < -0.3 is 20.9 Å². The van der Waals surface area contributed by atoms with E-state index in [1.54, 1.807) is 41.3 Å². The quantitative estimate of drug-likeness (QED) is 0.425. The lowest BCUT2D eigenvalue weighted by Crippen LogP contribution is -2.50. The predicted molar refractivity (Wildman–Crippen MR) is 137 cm³/mol. The molecule has 0 radical (unpaired) electrons. The average molecular weight is 503 g/mol. The zero-order valence-corrected chi connectivity index (χ0v) is 20.1. The fraction of sp³-hybridized carbons (Fsp3) is 0.240. The van der Waals surface area contributed by atoms with Crippen molar-refractivity contribution >= 4 is 45.2 Å². The second-order valence-corrected chi connectivity index (χ2v) is 9.45. The zero-order valence-electron chi connectivity index (χ0n) is 19.3. The third-order valence-corrected chi connectivity index (χ3v) is 6.98. The molecule has 0 unspecified atom stereocenters. The van der Waals surface area contributed by atoms with Crippen LogP contribution in [0.3, 0.4) is 0 Å². The molecule has 2 amide bonds. The number of nitrogens with two attached hydrogens (primary N) is 1. The van der Waals surface area contributed by atoms with Gasteiger partial charge in [-0.2, -0.15) is 10.2 Å². The SMILES string of the molecule is N#Cc1ccc(NC(=O)N2CCN(c3nc(N)nc4sc(CCc5ccc(F)cc5)nc34)CC2)cc1. The van der Waals surface area contributed by atoms with Gasteiger partial charge in [-0.3, -0.25) is 0 Å². The van der Waals surface area contributed by atoms with Crippen LogP contribution in [0.4, 0.5) is 26.6 Å². The smallest absolute Gasteiger partial charge is 0.321 e. The maximum Gasteiger partial charge on any atom is 0.321 e. The Morgan fingerprint density at radius 3 is 2.44 bits per heavy atom. The molecule has 0 saturated carbocycles. The van der Waals surface area contributed by atoms with Crippen molar-refractivity contribution in [1.29, 1.82) is 5.26 Å². The lowest BCUT2D eigenvalue weighted by Gasteiger charge is -2.35. The maximum absolute atomic E-state index is 13.2. The number of nitrogen functional groups attached to an aromatic ring is 1. The summed E-state index contributed by atoms with van der Waals surface area (Å²) >= 11 is 1.48. The normalized spacial score (nSPS) is 13.6. The number of nitriles is 1. The molecule has 2 aromatic heterocycles. The number of urea groups is 1. The van der Waals surface area contributed by atoms with Gasteiger partial charge in [0.25, 0.3) is 0 Å². The molecule has 0 spiro atoms. The van der Waals surface area contributed by atoms with Gasteiger partial charge in [-0.05, 0) is 48.4 Å². The van der Waals surface area contributed by atoms with Crippen molar-refractivity contribution in [3.8, 4) is 6.07 Å². The van der Waals surface area contributed by atoms with E-state index < -0.39 is 0 Å². The van der Waals surface area contributed by atoms with Crippen LogP contribution in [0.15, 0.2) is 48.5 Å². The molecule has 11 heteroatoms. The van der Waals surface area contributed by atoms with Gasteiger partial charge in [0.15, 0.2) is 10.6 Å². The number of hydrogen-bond acceptors (Lipinski definition) is 8. The minimum absolute atomic E-state index is 0.187. The first-order valence-corrected chi connectivity index (χ1v) is 12.3. The van der Waals surface area contributed by atoms with Gasteiger partial charge in [-0.15, -0.1) is 0 Å². The highest BCUT2D eigenvalue weighted by atomic mass is 32.1. The van der Waals surface area contributed by atoms with Crippen LogP contribution in [0.1, 0.15) is 16.1 Å². The van der Waals surface area contributed by atoms with E-state index in [1.807, 2.05) is 0 Å². The number of benzene rings is 2. The van der Waals surface area contributed by atoms with Crippen LogP contribution in [-0.4, -0.2) is 52.1 Å². The molecular weight excluding hydrogens is 479 g/mol. The minimum Gasteiger partial charge on any atom is -0.368 e. The van der Waals surface area contributed by atoms with Gasteiger partial charge in [0.1, 0.15) is 11.3 Å². The Bertz CT molecular complexity index is 1420. The molecule has 0 atom stereocenters. The monoisotopic (exact) mass is 502 g/mol. The highest BCUT2D eigenvalue weighted by Gasteiger charge is 2.25. The molecule has 3 N–H and O–H groups in total. The van der Waals surface area contributed by atoms with Crippen molar-refractivity contribution < 1.29 is 9.18 Å². The van der Waals surface area contributed by atoms with E-state index in [0.717, 1.165) is 21.8 Å². The zero-order chi connectivity index (χ0) is 25.1. The van der Waals surface area contributed by atoms with Crippen molar-refractivity contribution in [3.05, 3.63) is 70.5 Å². The second kappa shape index (κ2) is 10.1. The van der Waals surface area contributed by atoms with Crippen LogP contribution < -0.4 is 16.0 Å². The number of anilines is 3. The molecular formula is C25H23FN8OS. The molecule has 1 saturated heterocycles. The predicted octanol–water partition coefficient (Wildman–Crippen LogP) is 3.82. The number of halogens is 1.